The van der Waals surface area contributed by atoms with Gasteiger partial charge in [-0.05, 0) is 73.7 Å². The Hall–Kier alpha value is -3.87. The highest BCUT2D eigenvalue weighted by atomic mass is 19.3. The SMILES string of the molecule is C=C/C(=C\C=C(/C)OC(=O)c1ccc(OF)cc1)OC(=O)c1ccc(OC)cc1.CC. The first-order valence-electron chi connectivity index (χ1n) is 9.45. The maximum Gasteiger partial charge on any atom is 0.343 e. The summed E-state index contributed by atoms with van der Waals surface area (Å²) in [6.45, 7) is 9.15. The number of halogens is 1. The van der Waals surface area contributed by atoms with Crippen LogP contribution >= 0.6 is 0 Å². The van der Waals surface area contributed by atoms with E-state index >= 15 is 0 Å². The summed E-state index contributed by atoms with van der Waals surface area (Å²) in [4.78, 5) is 27.8. The zero-order valence-corrected chi connectivity index (χ0v) is 17.9. The summed E-state index contributed by atoms with van der Waals surface area (Å²) >= 11 is 0. The van der Waals surface area contributed by atoms with Crippen LogP contribution in [0, 0.1) is 0 Å². The normalized spacial score (nSPS) is 10.9. The summed E-state index contributed by atoms with van der Waals surface area (Å²) in [5, 5.41) is 0. The van der Waals surface area contributed by atoms with Gasteiger partial charge in [-0.1, -0.05) is 20.4 Å². The van der Waals surface area contributed by atoms with E-state index in [4.69, 9.17) is 14.2 Å². The lowest BCUT2D eigenvalue weighted by atomic mass is 10.2. The lowest BCUT2D eigenvalue weighted by Gasteiger charge is -2.06. The van der Waals surface area contributed by atoms with Crippen molar-refractivity contribution >= 4 is 11.9 Å². The number of esters is 2. The molecule has 0 fully saturated rings. The average molecular weight is 428 g/mol. The Labute approximate surface area is 181 Å². The first kappa shape index (κ1) is 25.2. The minimum absolute atomic E-state index is 0.0222. The number of carbonyl (C=O) groups excluding carboxylic acids is 2. The van der Waals surface area contributed by atoms with Crippen molar-refractivity contribution in [1.29, 1.82) is 0 Å². The van der Waals surface area contributed by atoms with Crippen molar-refractivity contribution in [3.63, 3.8) is 0 Å². The van der Waals surface area contributed by atoms with E-state index in [2.05, 4.69) is 11.5 Å². The first-order valence-corrected chi connectivity index (χ1v) is 9.45. The number of ether oxygens (including phenoxy) is 3. The second kappa shape index (κ2) is 13.4. The lowest BCUT2D eigenvalue weighted by Crippen LogP contribution is -2.04. The fourth-order valence-corrected chi connectivity index (χ4v) is 2.12. The molecule has 7 heteroatoms. The van der Waals surface area contributed by atoms with Gasteiger partial charge in [0.1, 0.15) is 17.3 Å². The van der Waals surface area contributed by atoms with Gasteiger partial charge in [-0.2, -0.15) is 0 Å². The van der Waals surface area contributed by atoms with E-state index in [1.54, 1.807) is 31.2 Å². The van der Waals surface area contributed by atoms with E-state index in [0.29, 0.717) is 11.3 Å². The lowest BCUT2D eigenvalue weighted by molar-refractivity contribution is -0.00623. The van der Waals surface area contributed by atoms with Crippen LogP contribution in [0.1, 0.15) is 41.5 Å². The molecule has 0 unspecified atom stereocenters. The highest BCUT2D eigenvalue weighted by Crippen LogP contribution is 2.16. The smallest absolute Gasteiger partial charge is 0.343 e. The molecule has 0 aliphatic rings. The molecule has 31 heavy (non-hydrogen) atoms. The molecule has 0 aliphatic carbocycles. The fourth-order valence-electron chi connectivity index (χ4n) is 2.12. The van der Waals surface area contributed by atoms with E-state index in [9.17, 15) is 14.1 Å². The van der Waals surface area contributed by atoms with E-state index < -0.39 is 11.9 Å². The molecule has 0 aromatic heterocycles. The van der Waals surface area contributed by atoms with Gasteiger partial charge in [-0.15, -0.1) is 0 Å². The van der Waals surface area contributed by atoms with E-state index in [1.165, 1.54) is 49.6 Å². The predicted molar refractivity (Wildman–Crippen MR) is 115 cm³/mol. The van der Waals surface area contributed by atoms with Crippen LogP contribution in [0.2, 0.25) is 0 Å². The van der Waals surface area contributed by atoms with Crippen LogP contribution in [0.3, 0.4) is 0 Å². The molecule has 0 N–H and O–H groups in total. The maximum absolute atomic E-state index is 12.2. The van der Waals surface area contributed by atoms with Crippen LogP contribution in [0.15, 0.2) is 84.9 Å². The Morgan fingerprint density at radius 1 is 0.839 bits per heavy atom. The monoisotopic (exact) mass is 428 g/mol. The van der Waals surface area contributed by atoms with E-state index in [0.717, 1.165) is 0 Å². The number of methoxy groups -OCH3 is 1. The number of carbonyl (C=O) groups is 2. The van der Waals surface area contributed by atoms with Gasteiger partial charge < -0.3 is 14.2 Å². The van der Waals surface area contributed by atoms with Gasteiger partial charge in [0, 0.05) is 4.53 Å². The van der Waals surface area contributed by atoms with Gasteiger partial charge in [0.15, 0.2) is 5.75 Å². The highest BCUT2D eigenvalue weighted by Gasteiger charge is 2.10. The molecule has 0 amide bonds. The third kappa shape index (κ3) is 8.18. The number of hydrogen-bond donors (Lipinski definition) is 0. The summed E-state index contributed by atoms with van der Waals surface area (Å²) in [6, 6.07) is 11.8. The Balaban J connectivity index is 0.00000233. The third-order valence-electron chi connectivity index (χ3n) is 3.65. The molecule has 0 radical (unpaired) electrons. The number of rotatable bonds is 8. The fraction of sp³-hybridized carbons (Fsp3) is 0.167. The summed E-state index contributed by atoms with van der Waals surface area (Å²) in [5.41, 5.74) is 0.559. The zero-order chi connectivity index (χ0) is 23.2. The molecule has 164 valence electrons. The minimum Gasteiger partial charge on any atom is -0.497 e. The Bertz CT molecular complexity index is 928. The second-order valence-electron chi connectivity index (χ2n) is 5.66. The number of allylic oxidation sites excluding steroid dienone is 4. The summed E-state index contributed by atoms with van der Waals surface area (Å²) < 4.78 is 27.5. The van der Waals surface area contributed by atoms with Gasteiger partial charge in [0.25, 0.3) is 0 Å². The second-order valence-corrected chi connectivity index (χ2v) is 5.66. The molecule has 2 rings (SSSR count). The van der Waals surface area contributed by atoms with Crippen LogP contribution in [0.5, 0.6) is 11.5 Å². The molecule has 0 spiro atoms. The molecule has 2 aromatic carbocycles. The summed E-state index contributed by atoms with van der Waals surface area (Å²) in [6.07, 6.45) is 4.25. The van der Waals surface area contributed by atoms with Gasteiger partial charge in [0.2, 0.25) is 0 Å². The predicted octanol–water partition coefficient (Wildman–Crippen LogP) is 5.97. The van der Waals surface area contributed by atoms with Crippen molar-refractivity contribution < 1.29 is 33.3 Å². The van der Waals surface area contributed by atoms with Crippen molar-refractivity contribution in [3.05, 3.63) is 96.0 Å². The molecule has 6 nitrogen and oxygen atoms in total. The van der Waals surface area contributed by atoms with Crippen LogP contribution in [-0.4, -0.2) is 19.0 Å². The van der Waals surface area contributed by atoms with Crippen LogP contribution in [0.25, 0.3) is 0 Å². The Morgan fingerprint density at radius 3 is 1.77 bits per heavy atom. The molecule has 0 bridgehead atoms. The third-order valence-corrected chi connectivity index (χ3v) is 3.65. The van der Waals surface area contributed by atoms with Crippen molar-refractivity contribution in [3.8, 4) is 11.5 Å². The number of benzene rings is 2. The Kier molecular flexibility index (Phi) is 10.9. The molecule has 0 aliphatic heterocycles. The van der Waals surface area contributed by atoms with Gasteiger partial charge >= 0.3 is 11.9 Å². The largest absolute Gasteiger partial charge is 0.497 e. The molecule has 2 aromatic rings. The van der Waals surface area contributed by atoms with Gasteiger partial charge in [0.05, 0.1) is 18.2 Å². The van der Waals surface area contributed by atoms with E-state index in [1.807, 2.05) is 13.8 Å². The summed E-state index contributed by atoms with van der Waals surface area (Å²) in [5.74, 6) is -0.185. The quantitative estimate of drug-likeness (QED) is 0.293. The van der Waals surface area contributed by atoms with Gasteiger partial charge in [-0.25, -0.2) is 9.59 Å². The van der Waals surface area contributed by atoms with Crippen molar-refractivity contribution in [2.24, 2.45) is 0 Å². The average Bonchev–Trinajstić information content (AvgIpc) is 2.82. The Morgan fingerprint density at radius 2 is 1.32 bits per heavy atom. The zero-order valence-electron chi connectivity index (χ0n) is 17.9. The molecule has 0 heterocycles. The number of hydrogen-bond acceptors (Lipinski definition) is 6. The molecule has 0 atom stereocenters. The van der Waals surface area contributed by atoms with Crippen molar-refractivity contribution in [2.75, 3.05) is 7.11 Å². The molecular weight excluding hydrogens is 403 g/mol. The van der Waals surface area contributed by atoms with Crippen molar-refractivity contribution in [1.82, 2.24) is 0 Å². The van der Waals surface area contributed by atoms with Crippen molar-refractivity contribution in [2.45, 2.75) is 20.8 Å². The minimum atomic E-state index is -0.632. The molecular formula is C24H25FO6. The summed E-state index contributed by atoms with van der Waals surface area (Å²) in [7, 11) is 1.53. The van der Waals surface area contributed by atoms with E-state index in [-0.39, 0.29) is 22.8 Å². The van der Waals surface area contributed by atoms with Crippen LogP contribution < -0.4 is 9.68 Å². The molecule has 0 saturated carbocycles. The van der Waals surface area contributed by atoms with Gasteiger partial charge in [-0.3, -0.25) is 4.94 Å². The highest BCUT2D eigenvalue weighted by molar-refractivity contribution is 5.91. The standard InChI is InChI=1S/C22H19FO6.C2H6/c1-4-18(28-22(25)17-6-11-19(26-3)12-7-17)10-5-15(2)27-21(24)16-8-13-20(29-23)14-9-16;1-2/h4-14H,1H2,2-3H3;1-2H3/b15-5+,18-10+;. The van der Waals surface area contributed by atoms with Crippen LogP contribution in [-0.2, 0) is 9.47 Å². The maximum atomic E-state index is 12.2. The topological polar surface area (TPSA) is 71.1 Å². The first-order chi connectivity index (χ1) is 15.0. The van der Waals surface area contributed by atoms with Crippen LogP contribution in [0.4, 0.5) is 4.53 Å². The molecule has 0 saturated heterocycles.